The van der Waals surface area contributed by atoms with E-state index in [9.17, 15) is 19.7 Å². The van der Waals surface area contributed by atoms with Crippen LogP contribution < -0.4 is 16.0 Å². The van der Waals surface area contributed by atoms with Crippen LogP contribution in [0.2, 0.25) is 0 Å². The van der Waals surface area contributed by atoms with Gasteiger partial charge >= 0.3 is 0 Å². The Hall–Kier alpha value is -4.20. The molecule has 0 aliphatic carbocycles. The minimum absolute atomic E-state index is 0.0172. The van der Waals surface area contributed by atoms with Crippen LogP contribution in [0.1, 0.15) is 21.5 Å². The number of para-hydroxylation sites is 2. The van der Waals surface area contributed by atoms with Crippen molar-refractivity contribution in [2.75, 3.05) is 22.5 Å². The van der Waals surface area contributed by atoms with Gasteiger partial charge in [0.15, 0.2) is 0 Å². The van der Waals surface area contributed by atoms with E-state index in [1.54, 1.807) is 56.3 Å². The highest BCUT2D eigenvalue weighted by molar-refractivity contribution is 6.10. The average Bonchev–Trinajstić information content (AvgIpc) is 2.74. The minimum Gasteiger partial charge on any atom is -0.376 e. The highest BCUT2D eigenvalue weighted by Gasteiger charge is 2.16. The van der Waals surface area contributed by atoms with Crippen LogP contribution in [0.25, 0.3) is 0 Å². The number of carbonyl (C=O) groups excluding carboxylic acids is 2. The van der Waals surface area contributed by atoms with Gasteiger partial charge in [0.2, 0.25) is 5.91 Å². The van der Waals surface area contributed by atoms with Crippen LogP contribution in [0.15, 0.2) is 66.7 Å². The van der Waals surface area contributed by atoms with Crippen molar-refractivity contribution in [1.29, 1.82) is 0 Å². The Balaban J connectivity index is 1.68. The van der Waals surface area contributed by atoms with Crippen LogP contribution in [-0.4, -0.2) is 23.3 Å². The summed E-state index contributed by atoms with van der Waals surface area (Å²) in [5.41, 5.74) is 3.16. The monoisotopic (exact) mass is 418 g/mol. The van der Waals surface area contributed by atoms with Crippen molar-refractivity contribution < 1.29 is 14.5 Å². The van der Waals surface area contributed by atoms with Crippen LogP contribution in [0.5, 0.6) is 0 Å². The van der Waals surface area contributed by atoms with Gasteiger partial charge in [-0.1, -0.05) is 30.3 Å². The topological polar surface area (TPSA) is 113 Å². The molecule has 0 spiro atoms. The summed E-state index contributed by atoms with van der Waals surface area (Å²) in [5, 5.41) is 19.6. The fourth-order valence-corrected chi connectivity index (χ4v) is 3.11. The third kappa shape index (κ3) is 5.45. The molecule has 0 atom stereocenters. The fourth-order valence-electron chi connectivity index (χ4n) is 3.11. The molecule has 8 heteroatoms. The molecular formula is C23H22N4O4. The Labute approximate surface area is 179 Å². The van der Waals surface area contributed by atoms with E-state index >= 15 is 0 Å². The lowest BCUT2D eigenvalue weighted by molar-refractivity contribution is -0.385. The first-order valence-electron chi connectivity index (χ1n) is 9.60. The molecular weight excluding hydrogens is 396 g/mol. The summed E-state index contributed by atoms with van der Waals surface area (Å²) in [6.45, 7) is 3.36. The number of nitro benzene ring substituents is 1. The molecule has 8 nitrogen and oxygen atoms in total. The van der Waals surface area contributed by atoms with Crippen LogP contribution >= 0.6 is 0 Å². The molecule has 0 heterocycles. The van der Waals surface area contributed by atoms with Crippen molar-refractivity contribution in [2.45, 2.75) is 13.8 Å². The predicted octanol–water partition coefficient (Wildman–Crippen LogP) is 4.51. The van der Waals surface area contributed by atoms with Crippen molar-refractivity contribution in [2.24, 2.45) is 0 Å². The molecule has 0 radical (unpaired) electrons. The normalized spacial score (nSPS) is 10.3. The number of amides is 2. The first-order chi connectivity index (χ1) is 14.8. The number of aryl methyl sites for hydroxylation is 2. The largest absolute Gasteiger partial charge is 0.376 e. The molecule has 2 amide bonds. The average molecular weight is 418 g/mol. The van der Waals surface area contributed by atoms with Crippen LogP contribution in [0, 0.1) is 24.0 Å². The number of benzene rings is 3. The Morgan fingerprint density at radius 1 is 0.871 bits per heavy atom. The summed E-state index contributed by atoms with van der Waals surface area (Å²) in [7, 11) is 0. The molecule has 0 saturated heterocycles. The Morgan fingerprint density at radius 3 is 2.26 bits per heavy atom. The van der Waals surface area contributed by atoms with Gasteiger partial charge in [-0.25, -0.2) is 0 Å². The molecule has 0 unspecified atom stereocenters. The molecule has 3 rings (SSSR count). The Morgan fingerprint density at radius 2 is 1.55 bits per heavy atom. The quantitative estimate of drug-likeness (QED) is 0.386. The van der Waals surface area contributed by atoms with Crippen molar-refractivity contribution in [3.63, 3.8) is 0 Å². The van der Waals surface area contributed by atoms with E-state index in [1.807, 2.05) is 18.2 Å². The van der Waals surface area contributed by atoms with Crippen molar-refractivity contribution >= 4 is 34.6 Å². The van der Waals surface area contributed by atoms with Gasteiger partial charge in [-0.05, 0) is 49.7 Å². The van der Waals surface area contributed by atoms with Gasteiger partial charge in [0, 0.05) is 23.0 Å². The summed E-state index contributed by atoms with van der Waals surface area (Å²) in [5.74, 6) is -0.734. The van der Waals surface area contributed by atoms with Crippen LogP contribution in [0.4, 0.5) is 22.7 Å². The zero-order valence-corrected chi connectivity index (χ0v) is 17.1. The highest BCUT2D eigenvalue weighted by atomic mass is 16.6. The lowest BCUT2D eigenvalue weighted by Crippen LogP contribution is -2.24. The van der Waals surface area contributed by atoms with E-state index < -0.39 is 4.92 Å². The third-order valence-corrected chi connectivity index (χ3v) is 4.66. The van der Waals surface area contributed by atoms with Crippen LogP contribution in [0.3, 0.4) is 0 Å². The number of anilines is 3. The van der Waals surface area contributed by atoms with E-state index in [2.05, 4.69) is 16.0 Å². The van der Waals surface area contributed by atoms with Gasteiger partial charge in [0.25, 0.3) is 11.6 Å². The van der Waals surface area contributed by atoms with Crippen molar-refractivity contribution in [3.8, 4) is 0 Å². The Bertz CT molecular complexity index is 1130. The summed E-state index contributed by atoms with van der Waals surface area (Å²) in [6.07, 6.45) is 0. The lowest BCUT2D eigenvalue weighted by Gasteiger charge is -2.13. The number of carbonyl (C=O) groups is 2. The van der Waals surface area contributed by atoms with Gasteiger partial charge in [-0.15, -0.1) is 0 Å². The van der Waals surface area contributed by atoms with Crippen LogP contribution in [-0.2, 0) is 4.79 Å². The molecule has 0 saturated carbocycles. The molecule has 158 valence electrons. The van der Waals surface area contributed by atoms with E-state index in [0.717, 1.165) is 5.56 Å². The smallest absolute Gasteiger partial charge is 0.274 e. The standard InChI is InChI=1S/C23H22N4O4/c1-15-12-16(2)21(27(30)31)13-20(15)24-14-22(28)26-19-11-7-6-10-18(19)23(29)25-17-8-4-3-5-9-17/h3-13,24H,14H2,1-2H3,(H,25,29)(H,26,28). The van der Waals surface area contributed by atoms with Gasteiger partial charge in [-0.2, -0.15) is 0 Å². The minimum atomic E-state index is -0.457. The molecule has 0 aliphatic heterocycles. The van der Waals surface area contributed by atoms with E-state index in [1.165, 1.54) is 6.07 Å². The second-order valence-corrected chi connectivity index (χ2v) is 6.98. The van der Waals surface area contributed by atoms with Crippen molar-refractivity contribution in [3.05, 3.63) is 93.5 Å². The second-order valence-electron chi connectivity index (χ2n) is 6.98. The Kier molecular flexibility index (Phi) is 6.61. The van der Waals surface area contributed by atoms with Gasteiger partial charge in [0.1, 0.15) is 0 Å². The highest BCUT2D eigenvalue weighted by Crippen LogP contribution is 2.26. The number of hydrogen-bond donors (Lipinski definition) is 3. The third-order valence-electron chi connectivity index (χ3n) is 4.66. The van der Waals surface area contributed by atoms with E-state index in [4.69, 9.17) is 0 Å². The zero-order valence-electron chi connectivity index (χ0n) is 17.1. The van der Waals surface area contributed by atoms with E-state index in [0.29, 0.717) is 28.2 Å². The summed E-state index contributed by atoms with van der Waals surface area (Å²) >= 11 is 0. The maximum atomic E-state index is 12.6. The molecule has 3 N–H and O–H groups in total. The first-order valence-corrected chi connectivity index (χ1v) is 9.60. The zero-order chi connectivity index (χ0) is 22.4. The van der Waals surface area contributed by atoms with E-state index in [-0.39, 0.29) is 24.0 Å². The molecule has 0 aliphatic rings. The van der Waals surface area contributed by atoms with Gasteiger partial charge in [-0.3, -0.25) is 19.7 Å². The number of nitrogens with one attached hydrogen (secondary N) is 3. The lowest BCUT2D eigenvalue weighted by atomic mass is 10.1. The molecule has 0 bridgehead atoms. The second kappa shape index (κ2) is 9.53. The molecule has 0 fully saturated rings. The summed E-state index contributed by atoms with van der Waals surface area (Å²) in [4.78, 5) is 35.8. The van der Waals surface area contributed by atoms with Gasteiger partial charge < -0.3 is 16.0 Å². The molecule has 3 aromatic rings. The fraction of sp³-hybridized carbons (Fsp3) is 0.130. The van der Waals surface area contributed by atoms with Gasteiger partial charge in [0.05, 0.1) is 22.7 Å². The summed E-state index contributed by atoms with van der Waals surface area (Å²) in [6, 6.07) is 18.8. The SMILES string of the molecule is Cc1cc(C)c([N+](=O)[O-])cc1NCC(=O)Nc1ccccc1C(=O)Nc1ccccc1. The molecule has 31 heavy (non-hydrogen) atoms. The van der Waals surface area contributed by atoms with Crippen molar-refractivity contribution in [1.82, 2.24) is 0 Å². The first kappa shape index (κ1) is 21.5. The number of nitrogens with zero attached hydrogens (tertiary/aromatic N) is 1. The number of rotatable bonds is 7. The molecule has 3 aromatic carbocycles. The number of hydrogen-bond acceptors (Lipinski definition) is 5. The molecule has 0 aromatic heterocycles. The number of nitro groups is 1. The summed E-state index contributed by atoms with van der Waals surface area (Å²) < 4.78 is 0. The maximum Gasteiger partial charge on any atom is 0.274 e. The predicted molar refractivity (Wildman–Crippen MR) is 121 cm³/mol. The maximum absolute atomic E-state index is 12.6.